The number of piperidine rings is 1. The molecule has 5 nitrogen and oxygen atoms in total. The van der Waals surface area contributed by atoms with Gasteiger partial charge in [-0.25, -0.2) is 0 Å². The summed E-state index contributed by atoms with van der Waals surface area (Å²) in [6.45, 7) is 2.75. The maximum atomic E-state index is 12.0. The molecule has 3 rings (SSSR count). The molecule has 0 spiro atoms. The number of nitrogens with one attached hydrogen (secondary N) is 2. The topological polar surface area (TPSA) is 59.6 Å². The first kappa shape index (κ1) is 15.9. The Hall–Kier alpha value is -1.46. The van der Waals surface area contributed by atoms with Crippen LogP contribution in [0.2, 0.25) is 0 Å². The molecule has 1 saturated heterocycles. The highest BCUT2D eigenvalue weighted by molar-refractivity contribution is 5.85. The number of para-hydroxylation sites is 2. The predicted molar refractivity (Wildman–Crippen MR) is 82.2 cm³/mol. The minimum atomic E-state index is -0.120. The zero-order valence-corrected chi connectivity index (χ0v) is 12.7. The van der Waals surface area contributed by atoms with E-state index in [4.69, 9.17) is 9.47 Å². The van der Waals surface area contributed by atoms with Crippen molar-refractivity contribution in [1.82, 2.24) is 10.6 Å². The Bertz CT molecular complexity index is 478. The van der Waals surface area contributed by atoms with Crippen molar-refractivity contribution in [1.29, 1.82) is 0 Å². The summed E-state index contributed by atoms with van der Waals surface area (Å²) < 4.78 is 11.4. The number of ether oxygens (including phenoxy) is 2. The number of rotatable bonds is 3. The molecular formula is C15H21ClN2O3. The molecule has 0 aromatic heterocycles. The number of benzene rings is 1. The summed E-state index contributed by atoms with van der Waals surface area (Å²) in [6, 6.07) is 7.60. The molecule has 21 heavy (non-hydrogen) atoms. The van der Waals surface area contributed by atoms with Crippen molar-refractivity contribution in [2.24, 2.45) is 5.92 Å². The third-order valence-corrected chi connectivity index (χ3v) is 3.74. The lowest BCUT2D eigenvalue weighted by atomic mass is 9.99. The maximum Gasteiger partial charge on any atom is 0.224 e. The minimum Gasteiger partial charge on any atom is -0.486 e. The third-order valence-electron chi connectivity index (χ3n) is 3.74. The van der Waals surface area contributed by atoms with Crippen LogP contribution in [-0.2, 0) is 4.79 Å². The first-order valence-electron chi connectivity index (χ1n) is 7.20. The van der Waals surface area contributed by atoms with E-state index in [0.717, 1.165) is 37.4 Å². The molecule has 2 N–H and O–H groups in total. The number of halogens is 1. The van der Waals surface area contributed by atoms with Crippen LogP contribution in [0.4, 0.5) is 0 Å². The molecule has 2 heterocycles. The standard InChI is InChI=1S/C15H20N2O3.ClH/c18-15(11-4-3-7-16-8-11)17-9-12-10-19-13-5-1-2-6-14(13)20-12;/h1-2,5-6,11-12,16H,3-4,7-10H2,(H,17,18);1H/t11-,12?;/m1./s1. The average Bonchev–Trinajstić information content (AvgIpc) is 2.53. The van der Waals surface area contributed by atoms with Gasteiger partial charge in [0, 0.05) is 6.54 Å². The molecule has 0 aliphatic carbocycles. The monoisotopic (exact) mass is 312 g/mol. The molecule has 2 aliphatic rings. The molecule has 1 fully saturated rings. The largest absolute Gasteiger partial charge is 0.486 e. The SMILES string of the molecule is Cl.O=C(NCC1COc2ccccc2O1)[C@@H]1CCCNC1. The summed E-state index contributed by atoms with van der Waals surface area (Å²) in [7, 11) is 0. The molecule has 1 aromatic carbocycles. The fourth-order valence-electron chi connectivity index (χ4n) is 2.60. The minimum absolute atomic E-state index is 0. The van der Waals surface area contributed by atoms with Gasteiger partial charge in [-0.05, 0) is 31.5 Å². The average molecular weight is 313 g/mol. The Balaban J connectivity index is 0.00000161. The van der Waals surface area contributed by atoms with Crippen molar-refractivity contribution in [3.63, 3.8) is 0 Å². The highest BCUT2D eigenvalue weighted by Crippen LogP contribution is 2.30. The molecule has 0 radical (unpaired) electrons. The molecule has 1 unspecified atom stereocenters. The van der Waals surface area contributed by atoms with Gasteiger partial charge in [-0.2, -0.15) is 0 Å². The predicted octanol–water partition coefficient (Wildman–Crippen LogP) is 1.36. The number of hydrogen-bond donors (Lipinski definition) is 2. The number of fused-ring (bicyclic) bond motifs is 1. The third kappa shape index (κ3) is 4.02. The molecular weight excluding hydrogens is 292 g/mol. The van der Waals surface area contributed by atoms with Crippen LogP contribution < -0.4 is 20.1 Å². The Labute approximate surface area is 130 Å². The molecule has 1 aromatic rings. The van der Waals surface area contributed by atoms with Crippen LogP contribution in [0.25, 0.3) is 0 Å². The lowest BCUT2D eigenvalue weighted by Gasteiger charge is -2.28. The van der Waals surface area contributed by atoms with Gasteiger partial charge >= 0.3 is 0 Å². The van der Waals surface area contributed by atoms with Gasteiger partial charge < -0.3 is 20.1 Å². The van der Waals surface area contributed by atoms with Gasteiger partial charge in [-0.15, -0.1) is 12.4 Å². The van der Waals surface area contributed by atoms with Gasteiger partial charge in [0.2, 0.25) is 5.91 Å². The van der Waals surface area contributed by atoms with Crippen LogP contribution in [-0.4, -0.2) is 38.3 Å². The second-order valence-corrected chi connectivity index (χ2v) is 5.29. The van der Waals surface area contributed by atoms with Crippen molar-refractivity contribution in [2.75, 3.05) is 26.2 Å². The summed E-state index contributed by atoms with van der Waals surface area (Å²) in [6.07, 6.45) is 1.91. The Morgan fingerprint density at radius 3 is 2.90 bits per heavy atom. The zero-order chi connectivity index (χ0) is 13.8. The lowest BCUT2D eigenvalue weighted by molar-refractivity contribution is -0.126. The van der Waals surface area contributed by atoms with Crippen molar-refractivity contribution >= 4 is 18.3 Å². The molecule has 1 amide bonds. The summed E-state index contributed by atoms with van der Waals surface area (Å²) >= 11 is 0. The lowest BCUT2D eigenvalue weighted by Crippen LogP contribution is -2.45. The van der Waals surface area contributed by atoms with E-state index in [0.29, 0.717) is 13.2 Å². The quantitative estimate of drug-likeness (QED) is 0.885. The molecule has 6 heteroatoms. The normalized spacial score (nSPS) is 23.8. The Morgan fingerprint density at radius 2 is 2.14 bits per heavy atom. The van der Waals surface area contributed by atoms with Gasteiger partial charge in [0.15, 0.2) is 11.5 Å². The summed E-state index contributed by atoms with van der Waals surface area (Å²) in [5.41, 5.74) is 0. The fraction of sp³-hybridized carbons (Fsp3) is 0.533. The highest BCUT2D eigenvalue weighted by atomic mass is 35.5. The van der Waals surface area contributed by atoms with E-state index in [1.807, 2.05) is 24.3 Å². The van der Waals surface area contributed by atoms with E-state index in [1.165, 1.54) is 0 Å². The van der Waals surface area contributed by atoms with Gasteiger partial charge in [-0.1, -0.05) is 12.1 Å². The van der Waals surface area contributed by atoms with Crippen molar-refractivity contribution in [2.45, 2.75) is 18.9 Å². The van der Waals surface area contributed by atoms with Gasteiger partial charge in [0.05, 0.1) is 12.5 Å². The second-order valence-electron chi connectivity index (χ2n) is 5.29. The summed E-state index contributed by atoms with van der Waals surface area (Å²) in [4.78, 5) is 12.0. The smallest absolute Gasteiger partial charge is 0.224 e. The highest BCUT2D eigenvalue weighted by Gasteiger charge is 2.24. The first-order chi connectivity index (χ1) is 9.83. The van der Waals surface area contributed by atoms with Crippen LogP contribution in [0, 0.1) is 5.92 Å². The van der Waals surface area contributed by atoms with E-state index in [-0.39, 0.29) is 30.3 Å². The fourth-order valence-corrected chi connectivity index (χ4v) is 2.60. The van der Waals surface area contributed by atoms with E-state index >= 15 is 0 Å². The summed E-state index contributed by atoms with van der Waals surface area (Å²) in [5.74, 6) is 1.71. The van der Waals surface area contributed by atoms with E-state index in [2.05, 4.69) is 10.6 Å². The van der Waals surface area contributed by atoms with Crippen LogP contribution in [0.1, 0.15) is 12.8 Å². The van der Waals surface area contributed by atoms with Crippen LogP contribution in [0.3, 0.4) is 0 Å². The molecule has 116 valence electrons. The molecule has 0 bridgehead atoms. The number of carbonyl (C=O) groups excluding carboxylic acids is 1. The van der Waals surface area contributed by atoms with Crippen LogP contribution in [0.5, 0.6) is 11.5 Å². The molecule has 2 atom stereocenters. The Kier molecular flexibility index (Phi) is 5.70. The van der Waals surface area contributed by atoms with E-state index < -0.39 is 0 Å². The van der Waals surface area contributed by atoms with Crippen LogP contribution >= 0.6 is 12.4 Å². The zero-order valence-electron chi connectivity index (χ0n) is 11.8. The Morgan fingerprint density at radius 1 is 1.33 bits per heavy atom. The molecule has 0 saturated carbocycles. The number of amides is 1. The first-order valence-corrected chi connectivity index (χ1v) is 7.20. The van der Waals surface area contributed by atoms with Gasteiger partial charge in [0.25, 0.3) is 0 Å². The van der Waals surface area contributed by atoms with Crippen LogP contribution in [0.15, 0.2) is 24.3 Å². The number of hydrogen-bond acceptors (Lipinski definition) is 4. The van der Waals surface area contributed by atoms with Gasteiger partial charge in [-0.3, -0.25) is 4.79 Å². The molecule has 2 aliphatic heterocycles. The van der Waals surface area contributed by atoms with Crippen molar-refractivity contribution < 1.29 is 14.3 Å². The van der Waals surface area contributed by atoms with Crippen molar-refractivity contribution in [3.8, 4) is 11.5 Å². The van der Waals surface area contributed by atoms with Gasteiger partial charge in [0.1, 0.15) is 12.7 Å². The van der Waals surface area contributed by atoms with Crippen molar-refractivity contribution in [3.05, 3.63) is 24.3 Å². The van der Waals surface area contributed by atoms with E-state index in [9.17, 15) is 4.79 Å². The summed E-state index contributed by atoms with van der Waals surface area (Å²) in [5, 5.41) is 6.22. The second kappa shape index (κ2) is 7.52. The number of carbonyl (C=O) groups is 1. The maximum absolute atomic E-state index is 12.0. The van der Waals surface area contributed by atoms with E-state index in [1.54, 1.807) is 0 Å².